The fraction of sp³-hybridized carbons (Fsp3) is 0.415. The van der Waals surface area contributed by atoms with Crippen molar-refractivity contribution in [3.63, 3.8) is 0 Å². The van der Waals surface area contributed by atoms with Gasteiger partial charge in [0.05, 0.1) is 0 Å². The molecule has 242 valence electrons. The number of amides is 4. The first kappa shape index (κ1) is 31.3. The van der Waals surface area contributed by atoms with Crippen LogP contribution in [0.5, 0.6) is 0 Å². The van der Waals surface area contributed by atoms with Crippen molar-refractivity contribution in [1.82, 2.24) is 9.80 Å². The molecule has 5 aromatic rings. The lowest BCUT2D eigenvalue weighted by Crippen LogP contribution is -2.51. The number of fused-ring (bicyclic) bond motifs is 2. The van der Waals surface area contributed by atoms with Crippen LogP contribution in [0.4, 0.5) is 0 Å². The van der Waals surface area contributed by atoms with E-state index in [4.69, 9.17) is 0 Å². The molecule has 6 heteroatoms. The minimum absolute atomic E-state index is 0.112. The lowest BCUT2D eigenvalue weighted by atomic mass is 9.81. The van der Waals surface area contributed by atoms with Crippen LogP contribution in [0.1, 0.15) is 140 Å². The minimum atomic E-state index is -0.664. The zero-order valence-electron chi connectivity index (χ0n) is 28.3. The molecule has 0 radical (unpaired) electrons. The molecule has 0 saturated carbocycles. The molecule has 4 amide bonds. The Morgan fingerprint density at radius 2 is 0.851 bits per heavy atom. The van der Waals surface area contributed by atoms with Crippen LogP contribution in [0.3, 0.4) is 0 Å². The quantitative estimate of drug-likeness (QED) is 0.0631. The SMILES string of the molecule is CCCCCCC(CCCCCC)N1C(=O)c2ccc3c4ccc5c6c(ccc(c7ccc(c2c37)C1=O)c64)C(=O)N(C(C)(C)C)C5=O. The van der Waals surface area contributed by atoms with E-state index in [9.17, 15) is 19.2 Å². The highest BCUT2D eigenvalue weighted by Crippen LogP contribution is 2.47. The maximum Gasteiger partial charge on any atom is 0.261 e. The molecule has 6 nitrogen and oxygen atoms in total. The smallest absolute Gasteiger partial charge is 0.261 e. The number of benzene rings is 5. The first-order valence-electron chi connectivity index (χ1n) is 17.6. The van der Waals surface area contributed by atoms with E-state index in [1.165, 1.54) is 4.90 Å². The number of nitrogens with zero attached hydrogens (tertiary/aromatic N) is 2. The first-order chi connectivity index (χ1) is 22.6. The van der Waals surface area contributed by atoms with Gasteiger partial charge in [0.2, 0.25) is 0 Å². The molecule has 0 aromatic heterocycles. The van der Waals surface area contributed by atoms with Gasteiger partial charge in [-0.3, -0.25) is 29.0 Å². The lowest BCUT2D eigenvalue weighted by molar-refractivity contribution is 0.0456. The summed E-state index contributed by atoms with van der Waals surface area (Å²) in [6.45, 7) is 10.0. The van der Waals surface area contributed by atoms with E-state index in [0.29, 0.717) is 33.0 Å². The molecule has 2 aliphatic rings. The predicted molar refractivity (Wildman–Crippen MR) is 190 cm³/mol. The second-order valence-electron chi connectivity index (χ2n) is 14.6. The molecule has 0 atom stereocenters. The highest BCUT2D eigenvalue weighted by Gasteiger charge is 2.41. The van der Waals surface area contributed by atoms with Crippen LogP contribution in [0.15, 0.2) is 48.5 Å². The van der Waals surface area contributed by atoms with Gasteiger partial charge in [-0.05, 0) is 90.2 Å². The van der Waals surface area contributed by atoms with Crippen LogP contribution in [0.2, 0.25) is 0 Å². The van der Waals surface area contributed by atoms with Gasteiger partial charge in [-0.25, -0.2) is 0 Å². The normalized spacial score (nSPS) is 15.2. The number of carbonyl (C=O) groups is 4. The Hall–Kier alpha value is -4.32. The van der Waals surface area contributed by atoms with E-state index >= 15 is 0 Å². The van der Waals surface area contributed by atoms with Crippen LogP contribution in [-0.4, -0.2) is 45.0 Å². The molecular formula is C41H44N2O4. The highest BCUT2D eigenvalue weighted by atomic mass is 16.2. The molecular weight excluding hydrogens is 584 g/mol. The average molecular weight is 629 g/mol. The maximum absolute atomic E-state index is 14.3. The summed E-state index contributed by atoms with van der Waals surface area (Å²) >= 11 is 0. The van der Waals surface area contributed by atoms with Gasteiger partial charge in [-0.2, -0.15) is 0 Å². The van der Waals surface area contributed by atoms with E-state index in [2.05, 4.69) is 13.8 Å². The second-order valence-corrected chi connectivity index (χ2v) is 14.6. The van der Waals surface area contributed by atoms with Crippen molar-refractivity contribution in [2.45, 2.75) is 110 Å². The average Bonchev–Trinajstić information content (AvgIpc) is 3.04. The summed E-state index contributed by atoms with van der Waals surface area (Å²) < 4.78 is 0. The lowest BCUT2D eigenvalue weighted by Gasteiger charge is -2.37. The Balaban J connectivity index is 1.39. The topological polar surface area (TPSA) is 74.8 Å². The third-order valence-electron chi connectivity index (χ3n) is 10.5. The zero-order chi connectivity index (χ0) is 33.2. The van der Waals surface area contributed by atoms with Gasteiger partial charge in [-0.15, -0.1) is 0 Å². The molecule has 0 spiro atoms. The maximum atomic E-state index is 14.3. The molecule has 0 bridgehead atoms. The Morgan fingerprint density at radius 3 is 1.19 bits per heavy atom. The molecule has 0 saturated heterocycles. The van der Waals surface area contributed by atoms with E-state index in [1.807, 2.05) is 69.3 Å². The molecule has 0 aliphatic carbocycles. The Kier molecular flexibility index (Phi) is 7.81. The minimum Gasteiger partial charge on any atom is -0.271 e. The molecule has 5 aromatic carbocycles. The number of hydrogen-bond acceptors (Lipinski definition) is 4. The number of carbonyl (C=O) groups excluding carboxylic acids is 4. The summed E-state index contributed by atoms with van der Waals surface area (Å²) in [5.74, 6) is -0.969. The van der Waals surface area contributed by atoms with Crippen molar-refractivity contribution in [1.29, 1.82) is 0 Å². The van der Waals surface area contributed by atoms with Gasteiger partial charge in [0, 0.05) is 44.6 Å². The summed E-state index contributed by atoms with van der Waals surface area (Å²) in [4.78, 5) is 59.1. The van der Waals surface area contributed by atoms with Crippen molar-refractivity contribution in [3.05, 3.63) is 70.8 Å². The molecule has 2 aliphatic heterocycles. The number of rotatable bonds is 11. The van der Waals surface area contributed by atoms with Gasteiger partial charge in [-0.1, -0.05) is 89.5 Å². The molecule has 0 unspecified atom stereocenters. The van der Waals surface area contributed by atoms with Gasteiger partial charge >= 0.3 is 0 Å². The summed E-state index contributed by atoms with van der Waals surface area (Å²) in [5, 5.41) is 6.82. The van der Waals surface area contributed by atoms with Crippen LogP contribution < -0.4 is 0 Å². The largest absolute Gasteiger partial charge is 0.271 e. The van der Waals surface area contributed by atoms with Crippen LogP contribution in [0, 0.1) is 0 Å². The molecule has 7 rings (SSSR count). The molecule has 47 heavy (non-hydrogen) atoms. The summed E-state index contributed by atoms with van der Waals surface area (Å²) in [5.41, 5.74) is 1.53. The molecule has 2 heterocycles. The number of imide groups is 2. The van der Waals surface area contributed by atoms with E-state index in [0.717, 1.165) is 96.5 Å². The monoisotopic (exact) mass is 628 g/mol. The van der Waals surface area contributed by atoms with Crippen molar-refractivity contribution >= 4 is 66.7 Å². The van der Waals surface area contributed by atoms with E-state index in [1.54, 1.807) is 4.90 Å². The van der Waals surface area contributed by atoms with Crippen LogP contribution in [0.25, 0.3) is 43.1 Å². The number of unbranched alkanes of at least 4 members (excludes halogenated alkanes) is 6. The van der Waals surface area contributed by atoms with Crippen molar-refractivity contribution in [2.24, 2.45) is 0 Å². The fourth-order valence-electron chi connectivity index (χ4n) is 8.24. The second kappa shape index (κ2) is 11.7. The highest BCUT2D eigenvalue weighted by molar-refractivity contribution is 6.41. The van der Waals surface area contributed by atoms with Gasteiger partial charge < -0.3 is 0 Å². The molecule has 0 fully saturated rings. The number of hydrogen-bond donors (Lipinski definition) is 0. The van der Waals surface area contributed by atoms with Gasteiger partial charge in [0.15, 0.2) is 0 Å². The van der Waals surface area contributed by atoms with Crippen LogP contribution in [-0.2, 0) is 0 Å². The van der Waals surface area contributed by atoms with Crippen molar-refractivity contribution < 1.29 is 19.2 Å². The van der Waals surface area contributed by atoms with E-state index < -0.39 is 5.54 Å². The van der Waals surface area contributed by atoms with Gasteiger partial charge in [0.1, 0.15) is 0 Å². The summed E-state index contributed by atoms with van der Waals surface area (Å²) in [7, 11) is 0. The molecule has 0 N–H and O–H groups in total. The summed E-state index contributed by atoms with van der Waals surface area (Å²) in [6.07, 6.45) is 10.5. The van der Waals surface area contributed by atoms with Crippen LogP contribution >= 0.6 is 0 Å². The van der Waals surface area contributed by atoms with Crippen molar-refractivity contribution in [3.8, 4) is 0 Å². The fourth-order valence-corrected chi connectivity index (χ4v) is 8.24. The van der Waals surface area contributed by atoms with E-state index in [-0.39, 0.29) is 29.7 Å². The summed E-state index contributed by atoms with van der Waals surface area (Å²) in [6, 6.07) is 15.2. The predicted octanol–water partition coefficient (Wildman–Crippen LogP) is 10.0. The zero-order valence-corrected chi connectivity index (χ0v) is 28.3. The Morgan fingerprint density at radius 1 is 0.489 bits per heavy atom. The van der Waals surface area contributed by atoms with Crippen molar-refractivity contribution in [2.75, 3.05) is 0 Å². The Labute approximate surface area is 276 Å². The standard InChI is InChI=1S/C41H44N2O4/c1-6-8-10-12-14-24(15-13-11-9-7-2)42-37(44)29-20-16-25-27-18-22-31-36-32(40(47)43(39(31)46)41(3,4)5)23-19-28(34(27)36)26-17-21-30(38(42)45)35(29)33(25)26/h16-24H,6-15H2,1-5H3. The first-order valence-corrected chi connectivity index (χ1v) is 17.6. The third-order valence-corrected chi connectivity index (χ3v) is 10.5. The van der Waals surface area contributed by atoms with Gasteiger partial charge in [0.25, 0.3) is 23.6 Å². The Bertz CT molecular complexity index is 1970. The third kappa shape index (κ3) is 4.74.